The van der Waals surface area contributed by atoms with Gasteiger partial charge in [-0.05, 0) is 32.8 Å². The molecule has 0 aliphatic carbocycles. The van der Waals surface area contributed by atoms with Gasteiger partial charge >= 0.3 is 5.97 Å². The van der Waals surface area contributed by atoms with Crippen LogP contribution in [-0.2, 0) is 4.74 Å². The molecule has 0 aliphatic rings. The van der Waals surface area contributed by atoms with E-state index in [4.69, 9.17) is 16.3 Å². The predicted molar refractivity (Wildman–Crippen MR) is 79.6 cm³/mol. The smallest absolute Gasteiger partial charge is 0.355 e. The first-order chi connectivity index (χ1) is 9.02. The lowest BCUT2D eigenvalue weighted by atomic mass is 10.1. The van der Waals surface area contributed by atoms with Crippen LogP contribution in [0, 0.1) is 13.8 Å². The largest absolute Gasteiger partial charge is 0.461 e. The molecule has 0 spiro atoms. The van der Waals surface area contributed by atoms with Crippen molar-refractivity contribution in [3.05, 3.63) is 28.6 Å². The van der Waals surface area contributed by atoms with Crippen LogP contribution in [0.5, 0.6) is 0 Å². The fourth-order valence-electron chi connectivity index (χ4n) is 2.05. The van der Waals surface area contributed by atoms with E-state index in [1.54, 1.807) is 6.92 Å². The number of aromatic nitrogens is 1. The van der Waals surface area contributed by atoms with Crippen molar-refractivity contribution in [3.63, 3.8) is 0 Å². The predicted octanol–water partition coefficient (Wildman–Crippen LogP) is 4.58. The molecular formula is C15H22ClNO2. The third kappa shape index (κ3) is 3.87. The number of aromatic amines is 1. The zero-order chi connectivity index (χ0) is 14.4. The molecule has 0 radical (unpaired) electrons. The average Bonchev–Trinajstić information content (AvgIpc) is 2.65. The van der Waals surface area contributed by atoms with Gasteiger partial charge in [-0.2, -0.15) is 0 Å². The summed E-state index contributed by atoms with van der Waals surface area (Å²) in [4.78, 5) is 14.9. The molecule has 0 unspecified atom stereocenters. The Labute approximate surface area is 120 Å². The van der Waals surface area contributed by atoms with Gasteiger partial charge in [0.2, 0.25) is 0 Å². The van der Waals surface area contributed by atoms with Crippen molar-refractivity contribution in [1.82, 2.24) is 4.98 Å². The molecule has 3 nitrogen and oxygen atoms in total. The maximum absolute atomic E-state index is 11.8. The summed E-state index contributed by atoms with van der Waals surface area (Å²) in [5.41, 5.74) is 3.17. The molecule has 1 N–H and O–H groups in total. The zero-order valence-electron chi connectivity index (χ0n) is 12.1. The molecule has 0 saturated heterocycles. The number of nitrogens with one attached hydrogen (secondary N) is 1. The van der Waals surface area contributed by atoms with Crippen LogP contribution < -0.4 is 0 Å². The van der Waals surface area contributed by atoms with Gasteiger partial charge < -0.3 is 9.72 Å². The number of unbranched alkanes of at least 4 members (excludes halogenated alkanes) is 2. The van der Waals surface area contributed by atoms with Crippen molar-refractivity contribution in [2.75, 3.05) is 6.61 Å². The lowest BCUT2D eigenvalue weighted by Gasteiger charge is -2.02. The second kappa shape index (κ2) is 7.39. The van der Waals surface area contributed by atoms with Gasteiger partial charge in [0.25, 0.3) is 0 Å². The van der Waals surface area contributed by atoms with Crippen LogP contribution in [0.15, 0.2) is 6.08 Å². The van der Waals surface area contributed by atoms with Crippen LogP contribution >= 0.6 is 11.6 Å². The fourth-order valence-corrected chi connectivity index (χ4v) is 2.44. The van der Waals surface area contributed by atoms with Crippen molar-refractivity contribution in [2.24, 2.45) is 0 Å². The van der Waals surface area contributed by atoms with Gasteiger partial charge in [0.1, 0.15) is 5.69 Å². The molecule has 1 aromatic rings. The van der Waals surface area contributed by atoms with E-state index in [2.05, 4.69) is 11.9 Å². The summed E-state index contributed by atoms with van der Waals surface area (Å²) < 4.78 is 5.02. The van der Waals surface area contributed by atoms with E-state index >= 15 is 0 Å². The third-order valence-corrected chi connectivity index (χ3v) is 3.38. The fraction of sp³-hybridized carbons (Fsp3) is 0.533. The number of H-pyrrole nitrogens is 1. The Hall–Kier alpha value is -1.22. The molecule has 0 saturated carbocycles. The highest BCUT2D eigenvalue weighted by Crippen LogP contribution is 2.29. The quantitative estimate of drug-likeness (QED) is 0.613. The first kappa shape index (κ1) is 15.8. The van der Waals surface area contributed by atoms with Crippen molar-refractivity contribution in [2.45, 2.75) is 47.0 Å². The van der Waals surface area contributed by atoms with Crippen LogP contribution in [0.25, 0.3) is 5.03 Å². The highest BCUT2D eigenvalue weighted by atomic mass is 35.5. The first-order valence-corrected chi connectivity index (χ1v) is 7.13. The molecule has 1 rings (SSSR count). The Morgan fingerprint density at radius 3 is 2.63 bits per heavy atom. The van der Waals surface area contributed by atoms with E-state index < -0.39 is 0 Å². The molecule has 0 aromatic carbocycles. The number of allylic oxidation sites excluding steroid dienone is 1. The minimum absolute atomic E-state index is 0.327. The molecule has 0 aliphatic heterocycles. The number of aryl methyl sites for hydroxylation is 1. The molecule has 0 fully saturated rings. The molecule has 0 amide bonds. The standard InChI is InChI=1S/C15H22ClNO2/c1-5-7-8-9-12(16)13-10(3)14(17-11(13)4)15(18)19-6-2/h9,17H,5-8H2,1-4H3/b12-9-. The van der Waals surface area contributed by atoms with E-state index in [9.17, 15) is 4.79 Å². The Balaban J connectivity index is 3.02. The summed E-state index contributed by atoms with van der Waals surface area (Å²) >= 11 is 6.34. The molecule has 106 valence electrons. The van der Waals surface area contributed by atoms with Crippen LogP contribution in [0.1, 0.15) is 60.4 Å². The Bertz CT molecular complexity index is 475. The maximum Gasteiger partial charge on any atom is 0.355 e. The Kier molecular flexibility index (Phi) is 6.16. The number of esters is 1. The molecule has 1 heterocycles. The third-order valence-electron chi connectivity index (χ3n) is 3.04. The van der Waals surface area contributed by atoms with Gasteiger partial charge in [-0.25, -0.2) is 4.79 Å². The number of rotatable bonds is 6. The van der Waals surface area contributed by atoms with Crippen molar-refractivity contribution >= 4 is 22.6 Å². The van der Waals surface area contributed by atoms with E-state index in [0.29, 0.717) is 17.3 Å². The van der Waals surface area contributed by atoms with Gasteiger partial charge in [-0.15, -0.1) is 0 Å². The topological polar surface area (TPSA) is 42.1 Å². The number of halogens is 1. The van der Waals surface area contributed by atoms with Gasteiger partial charge in [0, 0.05) is 16.3 Å². The van der Waals surface area contributed by atoms with Gasteiger partial charge in [-0.3, -0.25) is 0 Å². The number of ether oxygens (including phenoxy) is 1. The highest BCUT2D eigenvalue weighted by Gasteiger charge is 2.19. The van der Waals surface area contributed by atoms with Gasteiger partial charge in [0.05, 0.1) is 6.61 Å². The molecule has 0 bridgehead atoms. The number of hydrogen-bond donors (Lipinski definition) is 1. The van der Waals surface area contributed by atoms with Crippen LogP contribution in [0.2, 0.25) is 0 Å². The second-order valence-corrected chi connectivity index (χ2v) is 4.95. The summed E-state index contributed by atoms with van der Waals surface area (Å²) in [5.74, 6) is -0.327. The minimum atomic E-state index is -0.327. The first-order valence-electron chi connectivity index (χ1n) is 6.75. The summed E-state index contributed by atoms with van der Waals surface area (Å²) in [7, 11) is 0. The van der Waals surface area contributed by atoms with Gasteiger partial charge in [-0.1, -0.05) is 37.4 Å². The molecule has 1 aromatic heterocycles. The van der Waals surface area contributed by atoms with Crippen molar-refractivity contribution in [1.29, 1.82) is 0 Å². The molecule has 19 heavy (non-hydrogen) atoms. The van der Waals surface area contributed by atoms with Crippen LogP contribution in [-0.4, -0.2) is 17.6 Å². The van der Waals surface area contributed by atoms with E-state index in [1.807, 2.05) is 19.9 Å². The van der Waals surface area contributed by atoms with Crippen LogP contribution in [0.3, 0.4) is 0 Å². The van der Waals surface area contributed by atoms with E-state index in [0.717, 1.165) is 36.1 Å². The Morgan fingerprint density at radius 2 is 2.05 bits per heavy atom. The van der Waals surface area contributed by atoms with E-state index in [-0.39, 0.29) is 5.97 Å². The highest BCUT2D eigenvalue weighted by molar-refractivity contribution is 6.49. The number of hydrogen-bond acceptors (Lipinski definition) is 2. The minimum Gasteiger partial charge on any atom is -0.461 e. The summed E-state index contributed by atoms with van der Waals surface area (Å²) in [5, 5.41) is 0.704. The Morgan fingerprint density at radius 1 is 1.37 bits per heavy atom. The van der Waals surface area contributed by atoms with Gasteiger partial charge in [0.15, 0.2) is 0 Å². The number of carbonyl (C=O) groups is 1. The van der Waals surface area contributed by atoms with Crippen molar-refractivity contribution in [3.8, 4) is 0 Å². The number of carbonyl (C=O) groups excluding carboxylic acids is 1. The maximum atomic E-state index is 11.8. The monoisotopic (exact) mass is 283 g/mol. The second-order valence-electron chi connectivity index (χ2n) is 4.54. The van der Waals surface area contributed by atoms with Crippen molar-refractivity contribution < 1.29 is 9.53 Å². The molecule has 0 atom stereocenters. The zero-order valence-corrected chi connectivity index (χ0v) is 12.9. The average molecular weight is 284 g/mol. The van der Waals surface area contributed by atoms with Crippen LogP contribution in [0.4, 0.5) is 0 Å². The lowest BCUT2D eigenvalue weighted by molar-refractivity contribution is 0.0519. The lowest BCUT2D eigenvalue weighted by Crippen LogP contribution is -2.06. The SMILES string of the molecule is CCCC/C=C(\Cl)c1c(C)[nH]c(C(=O)OCC)c1C. The summed E-state index contributed by atoms with van der Waals surface area (Å²) in [6.07, 6.45) is 5.22. The normalized spacial score (nSPS) is 11.7. The van der Waals surface area contributed by atoms with E-state index in [1.165, 1.54) is 0 Å². The summed E-state index contributed by atoms with van der Waals surface area (Å²) in [6.45, 7) is 8.11. The molecular weight excluding hydrogens is 262 g/mol. The summed E-state index contributed by atoms with van der Waals surface area (Å²) in [6, 6.07) is 0. The molecule has 4 heteroatoms.